The largest absolute Gasteiger partial charge is 0.457 e. The molecule has 0 aliphatic carbocycles. The standard InChI is InChI=1S/C23H22F3NO3/c1-3-20(28)14(2)27-22(29)16-7-12-19-15(13-16)5-4-6-21(19)30-18-10-8-17(9-11-18)23(24,25)26/h4-14,20,28H,3H2,1-2H3,(H,27,29)/t14-,20-/m1/s1. The molecule has 0 radical (unpaired) electrons. The smallest absolute Gasteiger partial charge is 0.416 e. The number of rotatable bonds is 6. The maximum atomic E-state index is 12.7. The molecular formula is C23H22F3NO3. The molecule has 0 aliphatic rings. The predicted octanol–water partition coefficient (Wildman–Crippen LogP) is 5.54. The van der Waals surface area contributed by atoms with Crippen molar-refractivity contribution in [3.63, 3.8) is 0 Å². The Morgan fingerprint density at radius 3 is 2.43 bits per heavy atom. The molecule has 0 unspecified atom stereocenters. The number of hydrogen-bond donors (Lipinski definition) is 2. The van der Waals surface area contributed by atoms with Gasteiger partial charge in [0.1, 0.15) is 11.5 Å². The average molecular weight is 417 g/mol. The number of hydrogen-bond acceptors (Lipinski definition) is 3. The molecule has 0 heterocycles. The lowest BCUT2D eigenvalue weighted by molar-refractivity contribution is -0.137. The van der Waals surface area contributed by atoms with Crippen LogP contribution in [0.4, 0.5) is 13.2 Å². The monoisotopic (exact) mass is 417 g/mol. The first-order valence-corrected chi connectivity index (χ1v) is 9.56. The number of benzene rings is 3. The van der Waals surface area contributed by atoms with Gasteiger partial charge >= 0.3 is 6.18 Å². The van der Waals surface area contributed by atoms with Crippen LogP contribution in [0.2, 0.25) is 0 Å². The summed E-state index contributed by atoms with van der Waals surface area (Å²) in [5.74, 6) is 0.444. The Morgan fingerprint density at radius 1 is 1.10 bits per heavy atom. The Hall–Kier alpha value is -3.06. The normalized spacial score (nSPS) is 13.7. The van der Waals surface area contributed by atoms with Crippen LogP contribution in [0.3, 0.4) is 0 Å². The SMILES string of the molecule is CC[C@@H](O)[C@@H](C)NC(=O)c1ccc2c(Oc3ccc(C(F)(F)F)cc3)cccc2c1. The van der Waals surface area contributed by atoms with E-state index in [1.165, 1.54) is 12.1 Å². The Morgan fingerprint density at radius 2 is 1.80 bits per heavy atom. The maximum Gasteiger partial charge on any atom is 0.416 e. The first-order chi connectivity index (χ1) is 14.2. The summed E-state index contributed by atoms with van der Waals surface area (Å²) < 4.78 is 43.9. The van der Waals surface area contributed by atoms with Gasteiger partial charge in [0.15, 0.2) is 0 Å². The topological polar surface area (TPSA) is 58.6 Å². The van der Waals surface area contributed by atoms with E-state index in [0.29, 0.717) is 17.7 Å². The second-order valence-corrected chi connectivity index (χ2v) is 7.05. The van der Waals surface area contributed by atoms with Gasteiger partial charge in [-0.1, -0.05) is 19.1 Å². The summed E-state index contributed by atoms with van der Waals surface area (Å²) in [6.07, 6.45) is -4.50. The van der Waals surface area contributed by atoms with Gasteiger partial charge in [0.05, 0.1) is 17.7 Å². The zero-order chi connectivity index (χ0) is 21.9. The lowest BCUT2D eigenvalue weighted by atomic mass is 10.0. The quantitative estimate of drug-likeness (QED) is 0.554. The summed E-state index contributed by atoms with van der Waals surface area (Å²) >= 11 is 0. The number of halogens is 3. The van der Waals surface area contributed by atoms with Gasteiger partial charge in [-0.05, 0) is 67.3 Å². The molecular weight excluding hydrogens is 395 g/mol. The van der Waals surface area contributed by atoms with Crippen LogP contribution >= 0.6 is 0 Å². The van der Waals surface area contributed by atoms with Gasteiger partial charge < -0.3 is 15.2 Å². The number of amides is 1. The zero-order valence-corrected chi connectivity index (χ0v) is 16.5. The number of aliphatic hydroxyl groups is 1. The number of ether oxygens (including phenoxy) is 1. The molecule has 3 rings (SSSR count). The molecule has 0 spiro atoms. The molecule has 3 aromatic rings. The highest BCUT2D eigenvalue weighted by atomic mass is 19.4. The van der Waals surface area contributed by atoms with E-state index in [4.69, 9.17) is 4.74 Å². The summed E-state index contributed by atoms with van der Waals surface area (Å²) in [5.41, 5.74) is -0.310. The molecule has 0 aromatic heterocycles. The molecule has 4 nitrogen and oxygen atoms in total. The van der Waals surface area contributed by atoms with E-state index in [-0.39, 0.29) is 17.7 Å². The maximum absolute atomic E-state index is 12.7. The third kappa shape index (κ3) is 4.91. The lowest BCUT2D eigenvalue weighted by Crippen LogP contribution is -2.40. The van der Waals surface area contributed by atoms with Crippen LogP contribution in [0, 0.1) is 0 Å². The van der Waals surface area contributed by atoms with Crippen molar-refractivity contribution in [2.75, 3.05) is 0 Å². The molecule has 0 bridgehead atoms. The van der Waals surface area contributed by atoms with E-state index in [9.17, 15) is 23.1 Å². The van der Waals surface area contributed by atoms with Gasteiger partial charge in [-0.3, -0.25) is 4.79 Å². The van der Waals surface area contributed by atoms with Crippen LogP contribution in [-0.4, -0.2) is 23.2 Å². The minimum absolute atomic E-state index is 0.277. The highest BCUT2D eigenvalue weighted by Gasteiger charge is 2.30. The second kappa shape index (κ2) is 8.75. The van der Waals surface area contributed by atoms with Crippen molar-refractivity contribution >= 4 is 16.7 Å². The van der Waals surface area contributed by atoms with Crippen molar-refractivity contribution in [2.24, 2.45) is 0 Å². The number of carbonyl (C=O) groups excluding carboxylic acids is 1. The van der Waals surface area contributed by atoms with Gasteiger partial charge in [0, 0.05) is 10.9 Å². The van der Waals surface area contributed by atoms with E-state index >= 15 is 0 Å². The van der Waals surface area contributed by atoms with Crippen LogP contribution in [-0.2, 0) is 6.18 Å². The molecule has 0 fully saturated rings. The third-order valence-electron chi connectivity index (χ3n) is 4.87. The average Bonchev–Trinajstić information content (AvgIpc) is 2.72. The summed E-state index contributed by atoms with van der Waals surface area (Å²) in [5, 5.41) is 14.1. The van der Waals surface area contributed by atoms with Crippen molar-refractivity contribution in [1.29, 1.82) is 0 Å². The fraction of sp³-hybridized carbons (Fsp3) is 0.261. The van der Waals surface area contributed by atoms with Crippen molar-refractivity contribution in [2.45, 2.75) is 38.6 Å². The Bertz CT molecular complexity index is 1030. The summed E-state index contributed by atoms with van der Waals surface area (Å²) in [7, 11) is 0. The fourth-order valence-electron chi connectivity index (χ4n) is 3.06. The van der Waals surface area contributed by atoms with Crippen molar-refractivity contribution in [1.82, 2.24) is 5.32 Å². The van der Waals surface area contributed by atoms with Gasteiger partial charge in [0.2, 0.25) is 0 Å². The highest BCUT2D eigenvalue weighted by molar-refractivity contribution is 6.00. The summed E-state index contributed by atoms with van der Waals surface area (Å²) in [6.45, 7) is 3.57. The second-order valence-electron chi connectivity index (χ2n) is 7.05. The van der Waals surface area contributed by atoms with Gasteiger partial charge in [0.25, 0.3) is 5.91 Å². The molecule has 7 heteroatoms. The molecule has 158 valence electrons. The first kappa shape index (κ1) is 21.6. The highest BCUT2D eigenvalue weighted by Crippen LogP contribution is 2.33. The van der Waals surface area contributed by atoms with E-state index in [0.717, 1.165) is 22.9 Å². The fourth-order valence-corrected chi connectivity index (χ4v) is 3.06. The van der Waals surface area contributed by atoms with E-state index in [1.807, 2.05) is 13.0 Å². The molecule has 2 atom stereocenters. The minimum Gasteiger partial charge on any atom is -0.457 e. The summed E-state index contributed by atoms with van der Waals surface area (Å²) in [6, 6.07) is 14.4. The van der Waals surface area contributed by atoms with Crippen LogP contribution < -0.4 is 10.1 Å². The molecule has 1 amide bonds. The molecule has 3 aromatic carbocycles. The van der Waals surface area contributed by atoms with Crippen molar-refractivity contribution < 1.29 is 27.8 Å². The zero-order valence-electron chi connectivity index (χ0n) is 16.5. The van der Waals surface area contributed by atoms with Crippen LogP contribution in [0.5, 0.6) is 11.5 Å². The predicted molar refractivity (Wildman–Crippen MR) is 109 cm³/mol. The van der Waals surface area contributed by atoms with Gasteiger partial charge in [-0.2, -0.15) is 13.2 Å². The Kier molecular flexibility index (Phi) is 6.31. The number of carbonyl (C=O) groups is 1. The first-order valence-electron chi connectivity index (χ1n) is 9.56. The van der Waals surface area contributed by atoms with Crippen LogP contribution in [0.25, 0.3) is 10.8 Å². The lowest BCUT2D eigenvalue weighted by Gasteiger charge is -2.19. The Labute approximate surface area is 172 Å². The van der Waals surface area contributed by atoms with Crippen molar-refractivity contribution in [3.05, 3.63) is 71.8 Å². The number of nitrogens with one attached hydrogen (secondary N) is 1. The third-order valence-corrected chi connectivity index (χ3v) is 4.87. The minimum atomic E-state index is -4.40. The molecule has 0 saturated heterocycles. The number of aliphatic hydroxyl groups excluding tert-OH is 1. The Balaban J connectivity index is 1.82. The summed E-state index contributed by atoms with van der Waals surface area (Å²) in [4.78, 5) is 12.5. The number of alkyl halides is 3. The number of fused-ring (bicyclic) bond motifs is 1. The van der Waals surface area contributed by atoms with E-state index < -0.39 is 17.8 Å². The van der Waals surface area contributed by atoms with E-state index in [1.54, 1.807) is 37.3 Å². The van der Waals surface area contributed by atoms with Crippen molar-refractivity contribution in [3.8, 4) is 11.5 Å². The van der Waals surface area contributed by atoms with Gasteiger partial charge in [-0.25, -0.2) is 0 Å². The van der Waals surface area contributed by atoms with E-state index in [2.05, 4.69) is 5.32 Å². The van der Waals surface area contributed by atoms with Crippen LogP contribution in [0.1, 0.15) is 36.2 Å². The molecule has 0 aliphatic heterocycles. The molecule has 30 heavy (non-hydrogen) atoms. The molecule has 0 saturated carbocycles. The van der Waals surface area contributed by atoms with Crippen LogP contribution in [0.15, 0.2) is 60.7 Å². The van der Waals surface area contributed by atoms with Gasteiger partial charge in [-0.15, -0.1) is 0 Å². The molecule has 2 N–H and O–H groups in total.